The second-order valence-corrected chi connectivity index (χ2v) is 8.39. The van der Waals surface area contributed by atoms with Crippen LogP contribution in [0.1, 0.15) is 32.1 Å². The Morgan fingerprint density at radius 2 is 1.84 bits per heavy atom. The van der Waals surface area contributed by atoms with Crippen LogP contribution in [0.3, 0.4) is 0 Å². The quantitative estimate of drug-likeness (QED) is 0.754. The molecule has 0 saturated carbocycles. The SMILES string of the molecule is O=S(=O)(N1CCC(CCN2CC=NC3=C2CCC=N3)CC1)C(F)(F)F. The van der Waals surface area contributed by atoms with Gasteiger partial charge in [0.2, 0.25) is 0 Å². The van der Waals surface area contributed by atoms with Gasteiger partial charge in [0.05, 0.1) is 12.2 Å². The van der Waals surface area contributed by atoms with E-state index in [1.807, 2.05) is 12.4 Å². The van der Waals surface area contributed by atoms with Crippen LogP contribution < -0.4 is 0 Å². The van der Waals surface area contributed by atoms with Crippen LogP contribution in [0.5, 0.6) is 0 Å². The zero-order chi connectivity index (χ0) is 18.1. The highest BCUT2D eigenvalue weighted by atomic mass is 32.2. The maximum absolute atomic E-state index is 12.6. The van der Waals surface area contributed by atoms with Gasteiger partial charge in [-0.15, -0.1) is 0 Å². The fourth-order valence-corrected chi connectivity index (χ4v) is 4.42. The van der Waals surface area contributed by atoms with Gasteiger partial charge in [-0.25, -0.2) is 18.4 Å². The fourth-order valence-electron chi connectivity index (χ4n) is 3.43. The first kappa shape index (κ1) is 18.4. The zero-order valence-corrected chi connectivity index (χ0v) is 14.6. The van der Waals surface area contributed by atoms with Crippen LogP contribution in [-0.4, -0.2) is 61.7 Å². The van der Waals surface area contributed by atoms with Crippen molar-refractivity contribution in [3.63, 3.8) is 0 Å². The van der Waals surface area contributed by atoms with E-state index in [0.29, 0.717) is 17.1 Å². The van der Waals surface area contributed by atoms with E-state index >= 15 is 0 Å². The van der Waals surface area contributed by atoms with Gasteiger partial charge in [-0.3, -0.25) is 0 Å². The largest absolute Gasteiger partial charge is 0.511 e. The van der Waals surface area contributed by atoms with Gasteiger partial charge in [0.25, 0.3) is 0 Å². The molecule has 0 bridgehead atoms. The molecule has 0 N–H and O–H groups in total. The third-order valence-electron chi connectivity index (χ3n) is 4.89. The van der Waals surface area contributed by atoms with Crippen molar-refractivity contribution < 1.29 is 21.6 Å². The summed E-state index contributed by atoms with van der Waals surface area (Å²) < 4.78 is 61.2. The maximum Gasteiger partial charge on any atom is 0.511 e. The van der Waals surface area contributed by atoms with Crippen molar-refractivity contribution >= 4 is 22.5 Å². The number of hydrogen-bond donors (Lipinski definition) is 0. The number of halogens is 3. The van der Waals surface area contributed by atoms with Crippen molar-refractivity contribution in [2.24, 2.45) is 15.9 Å². The summed E-state index contributed by atoms with van der Waals surface area (Å²) in [6.07, 6.45) is 7.21. The van der Waals surface area contributed by atoms with Gasteiger partial charge < -0.3 is 4.90 Å². The summed E-state index contributed by atoms with van der Waals surface area (Å²) in [5, 5.41) is 0. The fraction of sp³-hybridized carbons (Fsp3) is 0.733. The number of piperidine rings is 1. The third kappa shape index (κ3) is 3.89. The Balaban J connectivity index is 1.51. The average Bonchev–Trinajstić information content (AvgIpc) is 2.59. The van der Waals surface area contributed by atoms with E-state index < -0.39 is 15.5 Å². The Morgan fingerprint density at radius 3 is 2.52 bits per heavy atom. The van der Waals surface area contributed by atoms with Crippen LogP contribution in [0.2, 0.25) is 0 Å². The Labute approximate surface area is 145 Å². The topological polar surface area (TPSA) is 65.3 Å². The summed E-state index contributed by atoms with van der Waals surface area (Å²) in [5.74, 6) is 0.985. The standard InChI is InChI=1S/C15H21F3N4O2S/c16-15(17,18)25(23,24)22-9-4-12(5-10-22)3-8-21-11-7-20-14-13(21)2-1-6-19-14/h6-7,12H,1-5,8-11H2. The van der Waals surface area contributed by atoms with E-state index in [4.69, 9.17) is 0 Å². The molecule has 3 aliphatic heterocycles. The molecule has 0 aliphatic carbocycles. The lowest BCUT2D eigenvalue weighted by molar-refractivity contribution is -0.0497. The van der Waals surface area contributed by atoms with Crippen LogP contribution in [0.15, 0.2) is 21.5 Å². The predicted molar refractivity (Wildman–Crippen MR) is 88.7 cm³/mol. The number of allylic oxidation sites excluding steroid dienone is 1. The Hall–Kier alpha value is -1.42. The smallest absolute Gasteiger partial charge is 0.367 e. The monoisotopic (exact) mass is 378 g/mol. The first-order valence-corrected chi connectivity index (χ1v) is 9.82. The number of sulfonamides is 1. The molecule has 10 heteroatoms. The molecule has 0 amide bonds. The summed E-state index contributed by atoms with van der Waals surface area (Å²) in [4.78, 5) is 10.8. The molecule has 0 aromatic carbocycles. The molecule has 25 heavy (non-hydrogen) atoms. The number of aliphatic imine (C=N–C) groups is 2. The van der Waals surface area contributed by atoms with Crippen molar-refractivity contribution in [1.29, 1.82) is 0 Å². The van der Waals surface area contributed by atoms with Gasteiger partial charge in [-0.1, -0.05) is 0 Å². The third-order valence-corrected chi connectivity index (χ3v) is 6.52. The van der Waals surface area contributed by atoms with Gasteiger partial charge in [0.15, 0.2) is 5.82 Å². The molecule has 0 radical (unpaired) electrons. The van der Waals surface area contributed by atoms with Gasteiger partial charge in [-0.05, 0) is 38.0 Å². The predicted octanol–water partition coefficient (Wildman–Crippen LogP) is 2.36. The summed E-state index contributed by atoms with van der Waals surface area (Å²) in [7, 11) is -5.19. The van der Waals surface area contributed by atoms with Gasteiger partial charge in [-0.2, -0.15) is 17.5 Å². The van der Waals surface area contributed by atoms with Crippen LogP contribution in [0, 0.1) is 5.92 Å². The zero-order valence-electron chi connectivity index (χ0n) is 13.7. The first-order valence-electron chi connectivity index (χ1n) is 8.38. The minimum Gasteiger partial charge on any atom is -0.367 e. The van der Waals surface area contributed by atoms with Gasteiger partial charge in [0, 0.05) is 32.1 Å². The lowest BCUT2D eigenvalue weighted by Gasteiger charge is -2.34. The Bertz CT molecular complexity index is 688. The molecule has 6 nitrogen and oxygen atoms in total. The highest BCUT2D eigenvalue weighted by molar-refractivity contribution is 7.90. The molecule has 3 rings (SSSR count). The van der Waals surface area contributed by atoms with E-state index in [-0.39, 0.29) is 19.0 Å². The average molecular weight is 378 g/mol. The molecule has 3 heterocycles. The highest BCUT2D eigenvalue weighted by Crippen LogP contribution is 2.32. The summed E-state index contributed by atoms with van der Waals surface area (Å²) in [6, 6.07) is 0. The summed E-state index contributed by atoms with van der Waals surface area (Å²) >= 11 is 0. The van der Waals surface area contributed by atoms with Crippen molar-refractivity contribution in [2.45, 2.75) is 37.6 Å². The lowest BCUT2D eigenvalue weighted by Crippen LogP contribution is -2.45. The van der Waals surface area contributed by atoms with Crippen LogP contribution in [-0.2, 0) is 10.0 Å². The van der Waals surface area contributed by atoms with E-state index in [1.165, 1.54) is 0 Å². The number of hydrogen-bond acceptors (Lipinski definition) is 5. The van der Waals surface area contributed by atoms with Crippen molar-refractivity contribution in [3.05, 3.63) is 11.5 Å². The normalized spacial score (nSPS) is 23.2. The van der Waals surface area contributed by atoms with E-state index in [9.17, 15) is 21.6 Å². The van der Waals surface area contributed by atoms with Crippen LogP contribution in [0.4, 0.5) is 13.2 Å². The number of nitrogens with zero attached hydrogens (tertiary/aromatic N) is 4. The number of alkyl halides is 3. The highest BCUT2D eigenvalue weighted by Gasteiger charge is 2.50. The molecule has 0 spiro atoms. The molecule has 0 unspecified atom stereocenters. The first-order chi connectivity index (χ1) is 11.8. The molecule has 1 saturated heterocycles. The molecule has 0 atom stereocenters. The second kappa shape index (κ2) is 7.06. The molecule has 3 aliphatic rings. The molecule has 140 valence electrons. The molecule has 0 aromatic rings. The minimum absolute atomic E-state index is 0.0633. The summed E-state index contributed by atoms with van der Waals surface area (Å²) in [6.45, 7) is 1.38. The Morgan fingerprint density at radius 1 is 1.16 bits per heavy atom. The van der Waals surface area contributed by atoms with Crippen molar-refractivity contribution in [1.82, 2.24) is 9.21 Å². The van der Waals surface area contributed by atoms with E-state index in [2.05, 4.69) is 14.9 Å². The molecule has 1 fully saturated rings. The maximum atomic E-state index is 12.6. The lowest BCUT2D eigenvalue weighted by atomic mass is 9.94. The minimum atomic E-state index is -5.21. The molecule has 0 aromatic heterocycles. The van der Waals surface area contributed by atoms with E-state index in [0.717, 1.165) is 43.9 Å². The second-order valence-electron chi connectivity index (χ2n) is 6.46. The van der Waals surface area contributed by atoms with Gasteiger partial charge in [0.1, 0.15) is 0 Å². The van der Waals surface area contributed by atoms with Crippen molar-refractivity contribution in [3.8, 4) is 0 Å². The molecular formula is C15H21F3N4O2S. The van der Waals surface area contributed by atoms with Crippen molar-refractivity contribution in [2.75, 3.05) is 26.2 Å². The number of rotatable bonds is 4. The molecular weight excluding hydrogens is 357 g/mol. The van der Waals surface area contributed by atoms with Gasteiger partial charge >= 0.3 is 15.5 Å². The Kier molecular flexibility index (Phi) is 5.19. The summed E-state index contributed by atoms with van der Waals surface area (Å²) in [5.41, 5.74) is -4.08. The van der Waals surface area contributed by atoms with Crippen LogP contribution in [0.25, 0.3) is 0 Å². The van der Waals surface area contributed by atoms with Crippen LogP contribution >= 0.6 is 0 Å². The van der Waals surface area contributed by atoms with E-state index in [1.54, 1.807) is 0 Å².